The summed E-state index contributed by atoms with van der Waals surface area (Å²) >= 11 is 0. The molecule has 0 heterocycles. The molecule has 0 aromatic heterocycles. The van der Waals surface area contributed by atoms with Crippen LogP contribution in [-0.4, -0.2) is 12.1 Å². The molecule has 1 fully saturated rings. The van der Waals surface area contributed by atoms with Gasteiger partial charge in [-0.05, 0) is 56.1 Å². The molecular weight excluding hydrogens is 246 g/mol. The Hall–Kier alpha value is -0.860. The Labute approximate surface area is 123 Å². The molecule has 2 nitrogen and oxygen atoms in total. The van der Waals surface area contributed by atoms with Crippen molar-refractivity contribution < 1.29 is 4.74 Å². The molecule has 2 heteroatoms. The standard InChI is InChI=1S/C18H29NO/c1-12-9-13(2)11-16(10-12)20-18(15(4)19)17-8-6-5-7-14(17)3/h5-8,12-13,15-16,18H,9-11,19H2,1-4H3. The molecular formula is C18H29NO. The zero-order valence-corrected chi connectivity index (χ0v) is 13.3. The molecule has 2 N–H and O–H groups in total. The van der Waals surface area contributed by atoms with Crippen LogP contribution in [0.5, 0.6) is 0 Å². The van der Waals surface area contributed by atoms with Gasteiger partial charge in [0, 0.05) is 6.04 Å². The highest BCUT2D eigenvalue weighted by Crippen LogP contribution is 2.34. The van der Waals surface area contributed by atoms with Crippen molar-refractivity contribution in [2.45, 2.75) is 65.2 Å². The second-order valence-corrected chi connectivity index (χ2v) is 6.81. The van der Waals surface area contributed by atoms with Crippen LogP contribution in [0.4, 0.5) is 0 Å². The van der Waals surface area contributed by atoms with Crippen LogP contribution in [0.25, 0.3) is 0 Å². The van der Waals surface area contributed by atoms with Gasteiger partial charge in [0.25, 0.3) is 0 Å². The van der Waals surface area contributed by atoms with Crippen molar-refractivity contribution in [3.05, 3.63) is 35.4 Å². The van der Waals surface area contributed by atoms with Gasteiger partial charge in [-0.2, -0.15) is 0 Å². The third-order valence-electron chi connectivity index (χ3n) is 4.45. The fraction of sp³-hybridized carbons (Fsp3) is 0.667. The van der Waals surface area contributed by atoms with Crippen LogP contribution < -0.4 is 5.73 Å². The molecule has 2 rings (SSSR count). The highest BCUT2D eigenvalue weighted by molar-refractivity contribution is 5.28. The molecule has 1 saturated carbocycles. The fourth-order valence-electron chi connectivity index (χ4n) is 3.58. The maximum Gasteiger partial charge on any atom is 0.0979 e. The van der Waals surface area contributed by atoms with Gasteiger partial charge in [-0.3, -0.25) is 0 Å². The fourth-order valence-corrected chi connectivity index (χ4v) is 3.58. The lowest BCUT2D eigenvalue weighted by Crippen LogP contribution is -2.34. The molecule has 0 aliphatic heterocycles. The molecule has 20 heavy (non-hydrogen) atoms. The first-order valence-corrected chi connectivity index (χ1v) is 7.94. The molecule has 0 amide bonds. The summed E-state index contributed by atoms with van der Waals surface area (Å²) in [5.74, 6) is 1.52. The molecule has 0 saturated heterocycles. The minimum atomic E-state index is 0.0127. The van der Waals surface area contributed by atoms with Crippen molar-refractivity contribution in [2.24, 2.45) is 17.6 Å². The normalized spacial score (nSPS) is 29.9. The van der Waals surface area contributed by atoms with E-state index in [-0.39, 0.29) is 12.1 Å². The first-order valence-electron chi connectivity index (χ1n) is 7.94. The Bertz CT molecular complexity index is 419. The minimum absolute atomic E-state index is 0.0127. The van der Waals surface area contributed by atoms with Gasteiger partial charge in [0.05, 0.1) is 12.2 Å². The van der Waals surface area contributed by atoms with Gasteiger partial charge >= 0.3 is 0 Å². The van der Waals surface area contributed by atoms with E-state index >= 15 is 0 Å². The summed E-state index contributed by atoms with van der Waals surface area (Å²) < 4.78 is 6.44. The summed E-state index contributed by atoms with van der Waals surface area (Å²) in [6.45, 7) is 8.86. The lowest BCUT2D eigenvalue weighted by atomic mass is 9.81. The number of hydrogen-bond acceptors (Lipinski definition) is 2. The Kier molecular flexibility index (Phi) is 5.22. The van der Waals surface area contributed by atoms with Gasteiger partial charge in [0.2, 0.25) is 0 Å². The summed E-state index contributed by atoms with van der Waals surface area (Å²) in [5, 5.41) is 0. The highest BCUT2D eigenvalue weighted by Gasteiger charge is 2.29. The van der Waals surface area contributed by atoms with E-state index in [1.807, 2.05) is 6.92 Å². The van der Waals surface area contributed by atoms with Crippen LogP contribution in [0.1, 0.15) is 57.3 Å². The van der Waals surface area contributed by atoms with Crippen molar-refractivity contribution in [3.63, 3.8) is 0 Å². The summed E-state index contributed by atoms with van der Waals surface area (Å²) in [6, 6.07) is 8.46. The number of nitrogens with two attached hydrogens (primary N) is 1. The molecule has 1 aliphatic carbocycles. The highest BCUT2D eigenvalue weighted by atomic mass is 16.5. The van der Waals surface area contributed by atoms with Crippen molar-refractivity contribution >= 4 is 0 Å². The Balaban J connectivity index is 2.12. The van der Waals surface area contributed by atoms with Gasteiger partial charge in [0.1, 0.15) is 0 Å². The van der Waals surface area contributed by atoms with E-state index in [2.05, 4.69) is 45.0 Å². The number of rotatable bonds is 4. The number of benzene rings is 1. The second-order valence-electron chi connectivity index (χ2n) is 6.81. The average molecular weight is 275 g/mol. The lowest BCUT2D eigenvalue weighted by molar-refractivity contribution is -0.0587. The van der Waals surface area contributed by atoms with Gasteiger partial charge in [-0.15, -0.1) is 0 Å². The number of aryl methyl sites for hydroxylation is 1. The summed E-state index contributed by atoms with van der Waals surface area (Å²) in [4.78, 5) is 0. The Morgan fingerprint density at radius 2 is 1.70 bits per heavy atom. The molecule has 1 aromatic carbocycles. The van der Waals surface area contributed by atoms with Crippen molar-refractivity contribution in [2.75, 3.05) is 0 Å². The van der Waals surface area contributed by atoms with E-state index in [1.54, 1.807) is 0 Å². The zero-order valence-electron chi connectivity index (χ0n) is 13.3. The van der Waals surface area contributed by atoms with Crippen molar-refractivity contribution in [1.82, 2.24) is 0 Å². The quantitative estimate of drug-likeness (QED) is 0.892. The molecule has 4 atom stereocenters. The first-order chi connectivity index (χ1) is 9.47. The van der Waals surface area contributed by atoms with E-state index in [0.717, 1.165) is 11.8 Å². The zero-order chi connectivity index (χ0) is 14.7. The SMILES string of the molecule is Cc1ccccc1C(OC1CC(C)CC(C)C1)C(C)N. The summed E-state index contributed by atoms with van der Waals surface area (Å²) in [7, 11) is 0. The molecule has 112 valence electrons. The van der Waals surface area contributed by atoms with Gasteiger partial charge in [-0.1, -0.05) is 38.1 Å². The van der Waals surface area contributed by atoms with Crippen LogP contribution >= 0.6 is 0 Å². The minimum Gasteiger partial charge on any atom is -0.369 e. The summed E-state index contributed by atoms with van der Waals surface area (Å²) in [6.07, 6.45) is 4.02. The van der Waals surface area contributed by atoms with Crippen LogP contribution in [-0.2, 0) is 4.74 Å². The number of ether oxygens (including phenoxy) is 1. The van der Waals surface area contributed by atoms with E-state index in [1.165, 1.54) is 30.4 Å². The van der Waals surface area contributed by atoms with Crippen LogP contribution in [0, 0.1) is 18.8 Å². The smallest absolute Gasteiger partial charge is 0.0979 e. The average Bonchev–Trinajstić information content (AvgIpc) is 2.35. The second kappa shape index (κ2) is 6.73. The van der Waals surface area contributed by atoms with E-state index in [9.17, 15) is 0 Å². The van der Waals surface area contributed by atoms with E-state index < -0.39 is 0 Å². The molecule has 0 radical (unpaired) electrons. The maximum atomic E-state index is 6.44. The van der Waals surface area contributed by atoms with Crippen molar-refractivity contribution in [3.8, 4) is 0 Å². The lowest BCUT2D eigenvalue weighted by Gasteiger charge is -2.35. The predicted octanol–water partition coefficient (Wildman–Crippen LogP) is 4.22. The largest absolute Gasteiger partial charge is 0.369 e. The molecule has 4 unspecified atom stereocenters. The molecule has 0 bridgehead atoms. The first kappa shape index (κ1) is 15.5. The third-order valence-corrected chi connectivity index (χ3v) is 4.45. The van der Waals surface area contributed by atoms with Crippen LogP contribution in [0.15, 0.2) is 24.3 Å². The summed E-state index contributed by atoms with van der Waals surface area (Å²) in [5.41, 5.74) is 8.71. The van der Waals surface area contributed by atoms with E-state index in [0.29, 0.717) is 6.10 Å². The van der Waals surface area contributed by atoms with Gasteiger partial charge < -0.3 is 10.5 Å². The molecule has 0 spiro atoms. The maximum absolute atomic E-state index is 6.44. The Morgan fingerprint density at radius 1 is 1.10 bits per heavy atom. The topological polar surface area (TPSA) is 35.2 Å². The monoisotopic (exact) mass is 275 g/mol. The third kappa shape index (κ3) is 3.83. The van der Waals surface area contributed by atoms with Crippen LogP contribution in [0.3, 0.4) is 0 Å². The van der Waals surface area contributed by atoms with Gasteiger partial charge in [0.15, 0.2) is 0 Å². The molecule has 1 aromatic rings. The van der Waals surface area contributed by atoms with Gasteiger partial charge in [-0.25, -0.2) is 0 Å². The van der Waals surface area contributed by atoms with Crippen LogP contribution in [0.2, 0.25) is 0 Å². The van der Waals surface area contributed by atoms with Crippen molar-refractivity contribution in [1.29, 1.82) is 0 Å². The Morgan fingerprint density at radius 3 is 2.25 bits per heavy atom. The predicted molar refractivity (Wildman–Crippen MR) is 84.6 cm³/mol. The number of hydrogen-bond donors (Lipinski definition) is 1. The van der Waals surface area contributed by atoms with E-state index in [4.69, 9.17) is 10.5 Å². The molecule has 1 aliphatic rings.